The summed E-state index contributed by atoms with van der Waals surface area (Å²) in [5.74, 6) is -0.0986. The lowest BCUT2D eigenvalue weighted by atomic mass is 10.1. The number of aryl methyl sites for hydroxylation is 2. The van der Waals surface area contributed by atoms with E-state index in [1.165, 1.54) is 0 Å². The first-order valence-electron chi connectivity index (χ1n) is 5.71. The Hall–Kier alpha value is -1.80. The van der Waals surface area contributed by atoms with Gasteiger partial charge in [0.25, 0.3) is 5.91 Å². The van der Waals surface area contributed by atoms with Crippen molar-refractivity contribution >= 4 is 23.2 Å². The Labute approximate surface area is 112 Å². The van der Waals surface area contributed by atoms with Crippen molar-refractivity contribution in [3.63, 3.8) is 0 Å². The maximum Gasteiger partial charge on any atom is 0.255 e. The second-order valence-electron chi connectivity index (χ2n) is 4.23. The number of hydrogen-bond donors (Lipinski definition) is 1. The Balaban J connectivity index is 2.24. The van der Waals surface area contributed by atoms with Crippen LogP contribution in [0.3, 0.4) is 0 Å². The zero-order valence-electron chi connectivity index (χ0n) is 10.3. The van der Waals surface area contributed by atoms with E-state index >= 15 is 0 Å². The molecule has 0 saturated carbocycles. The van der Waals surface area contributed by atoms with Gasteiger partial charge in [-0.1, -0.05) is 29.8 Å². The third-order valence-corrected chi connectivity index (χ3v) is 3.06. The molecular weight excluding hydrogens is 246 g/mol. The van der Waals surface area contributed by atoms with Crippen molar-refractivity contribution < 1.29 is 4.79 Å². The molecule has 0 radical (unpaired) electrons. The summed E-state index contributed by atoms with van der Waals surface area (Å²) in [6, 6.07) is 12.9. The van der Waals surface area contributed by atoms with Gasteiger partial charge in [-0.05, 0) is 49.2 Å². The molecule has 3 heteroatoms. The molecule has 2 aromatic rings. The highest BCUT2D eigenvalue weighted by molar-refractivity contribution is 6.30. The number of halogens is 1. The fraction of sp³-hybridized carbons (Fsp3) is 0.133. The summed E-state index contributed by atoms with van der Waals surface area (Å²) < 4.78 is 0. The lowest BCUT2D eigenvalue weighted by Gasteiger charge is -2.10. The molecule has 2 aromatic carbocycles. The Morgan fingerprint density at radius 2 is 1.78 bits per heavy atom. The lowest BCUT2D eigenvalue weighted by Crippen LogP contribution is -2.13. The number of nitrogens with one attached hydrogen (secondary N) is 1. The van der Waals surface area contributed by atoms with Crippen LogP contribution in [0.1, 0.15) is 21.5 Å². The summed E-state index contributed by atoms with van der Waals surface area (Å²) in [6.07, 6.45) is 0. The van der Waals surface area contributed by atoms with E-state index < -0.39 is 0 Å². The zero-order valence-corrected chi connectivity index (χ0v) is 11.1. The van der Waals surface area contributed by atoms with Crippen molar-refractivity contribution in [2.75, 3.05) is 5.32 Å². The van der Waals surface area contributed by atoms with Gasteiger partial charge in [-0.15, -0.1) is 0 Å². The van der Waals surface area contributed by atoms with E-state index in [1.807, 2.05) is 50.2 Å². The number of benzene rings is 2. The molecule has 0 spiro atoms. The Kier molecular flexibility index (Phi) is 3.68. The quantitative estimate of drug-likeness (QED) is 0.860. The van der Waals surface area contributed by atoms with Crippen LogP contribution < -0.4 is 5.32 Å². The molecule has 2 nitrogen and oxygen atoms in total. The minimum atomic E-state index is -0.0986. The van der Waals surface area contributed by atoms with E-state index in [1.54, 1.807) is 6.07 Å². The van der Waals surface area contributed by atoms with Gasteiger partial charge in [-0.3, -0.25) is 4.79 Å². The van der Waals surface area contributed by atoms with E-state index in [0.717, 1.165) is 16.8 Å². The highest BCUT2D eigenvalue weighted by Crippen LogP contribution is 2.20. The molecule has 0 fully saturated rings. The molecule has 0 atom stereocenters. The first kappa shape index (κ1) is 12.7. The van der Waals surface area contributed by atoms with E-state index in [0.29, 0.717) is 10.6 Å². The second-order valence-corrected chi connectivity index (χ2v) is 4.66. The predicted octanol–water partition coefficient (Wildman–Crippen LogP) is 4.21. The summed E-state index contributed by atoms with van der Waals surface area (Å²) in [4.78, 5) is 12.1. The van der Waals surface area contributed by atoms with E-state index in [-0.39, 0.29) is 5.91 Å². The number of anilines is 1. The van der Waals surface area contributed by atoms with Gasteiger partial charge in [0.15, 0.2) is 0 Å². The van der Waals surface area contributed by atoms with Crippen LogP contribution in [0.15, 0.2) is 42.5 Å². The van der Waals surface area contributed by atoms with Gasteiger partial charge in [0, 0.05) is 16.3 Å². The molecule has 92 valence electrons. The second kappa shape index (κ2) is 5.23. The summed E-state index contributed by atoms with van der Waals surface area (Å²) in [7, 11) is 0. The number of carbonyl (C=O) groups is 1. The SMILES string of the molecule is Cc1cc(Cl)ccc1NC(=O)c1ccccc1C. The number of rotatable bonds is 2. The van der Waals surface area contributed by atoms with Gasteiger partial charge >= 0.3 is 0 Å². The third kappa shape index (κ3) is 2.71. The first-order valence-corrected chi connectivity index (χ1v) is 6.09. The van der Waals surface area contributed by atoms with Crippen molar-refractivity contribution in [2.45, 2.75) is 13.8 Å². The summed E-state index contributed by atoms with van der Waals surface area (Å²) in [5, 5.41) is 3.56. The van der Waals surface area contributed by atoms with Gasteiger partial charge in [-0.2, -0.15) is 0 Å². The average Bonchev–Trinajstić information content (AvgIpc) is 2.33. The van der Waals surface area contributed by atoms with Crippen LogP contribution in [0, 0.1) is 13.8 Å². The monoisotopic (exact) mass is 259 g/mol. The molecule has 0 aliphatic carbocycles. The maximum absolute atomic E-state index is 12.1. The zero-order chi connectivity index (χ0) is 13.1. The molecule has 18 heavy (non-hydrogen) atoms. The molecule has 0 saturated heterocycles. The van der Waals surface area contributed by atoms with Crippen molar-refractivity contribution in [2.24, 2.45) is 0 Å². The van der Waals surface area contributed by atoms with Crippen LogP contribution in [0.4, 0.5) is 5.69 Å². The predicted molar refractivity (Wildman–Crippen MR) is 75.3 cm³/mol. The fourth-order valence-electron chi connectivity index (χ4n) is 1.78. The number of amides is 1. The molecule has 0 aliphatic rings. The van der Waals surface area contributed by atoms with Crippen molar-refractivity contribution in [3.8, 4) is 0 Å². The van der Waals surface area contributed by atoms with Crippen LogP contribution in [-0.4, -0.2) is 5.91 Å². The minimum absolute atomic E-state index is 0.0986. The lowest BCUT2D eigenvalue weighted by molar-refractivity contribution is 0.102. The largest absolute Gasteiger partial charge is 0.322 e. The highest BCUT2D eigenvalue weighted by Gasteiger charge is 2.09. The van der Waals surface area contributed by atoms with Crippen LogP contribution in [0.5, 0.6) is 0 Å². The van der Waals surface area contributed by atoms with Crippen LogP contribution >= 0.6 is 11.6 Å². The molecule has 1 N–H and O–H groups in total. The molecule has 0 aliphatic heterocycles. The van der Waals surface area contributed by atoms with Crippen molar-refractivity contribution in [3.05, 3.63) is 64.2 Å². The summed E-state index contributed by atoms with van der Waals surface area (Å²) in [5.41, 5.74) is 3.38. The fourth-order valence-corrected chi connectivity index (χ4v) is 2.01. The third-order valence-electron chi connectivity index (χ3n) is 2.83. The van der Waals surface area contributed by atoms with Crippen LogP contribution in [0.25, 0.3) is 0 Å². The van der Waals surface area contributed by atoms with Gasteiger partial charge in [-0.25, -0.2) is 0 Å². The van der Waals surface area contributed by atoms with E-state index in [4.69, 9.17) is 11.6 Å². The van der Waals surface area contributed by atoms with Gasteiger partial charge in [0.1, 0.15) is 0 Å². The van der Waals surface area contributed by atoms with E-state index in [9.17, 15) is 4.79 Å². The normalized spacial score (nSPS) is 10.2. The smallest absolute Gasteiger partial charge is 0.255 e. The van der Waals surface area contributed by atoms with Crippen LogP contribution in [-0.2, 0) is 0 Å². The maximum atomic E-state index is 12.1. The Bertz CT molecular complexity index is 593. The number of hydrogen-bond acceptors (Lipinski definition) is 1. The van der Waals surface area contributed by atoms with Crippen molar-refractivity contribution in [1.29, 1.82) is 0 Å². The summed E-state index contributed by atoms with van der Waals surface area (Å²) >= 11 is 5.88. The topological polar surface area (TPSA) is 29.1 Å². The van der Waals surface area contributed by atoms with Crippen molar-refractivity contribution in [1.82, 2.24) is 0 Å². The van der Waals surface area contributed by atoms with Gasteiger partial charge in [0.2, 0.25) is 0 Å². The van der Waals surface area contributed by atoms with Gasteiger partial charge in [0.05, 0.1) is 0 Å². The van der Waals surface area contributed by atoms with E-state index in [2.05, 4.69) is 5.32 Å². The standard InChI is InChI=1S/C15H14ClNO/c1-10-5-3-4-6-13(10)15(18)17-14-8-7-12(16)9-11(14)2/h3-9H,1-2H3,(H,17,18). The molecular formula is C15H14ClNO. The molecule has 1 amide bonds. The average molecular weight is 260 g/mol. The highest BCUT2D eigenvalue weighted by atomic mass is 35.5. The van der Waals surface area contributed by atoms with Crippen LogP contribution in [0.2, 0.25) is 5.02 Å². The Morgan fingerprint density at radius 3 is 2.44 bits per heavy atom. The summed E-state index contributed by atoms with van der Waals surface area (Å²) in [6.45, 7) is 3.84. The molecule has 0 aromatic heterocycles. The minimum Gasteiger partial charge on any atom is -0.322 e. The Morgan fingerprint density at radius 1 is 1.06 bits per heavy atom. The number of carbonyl (C=O) groups excluding carboxylic acids is 1. The van der Waals surface area contributed by atoms with Gasteiger partial charge < -0.3 is 5.32 Å². The molecule has 0 bridgehead atoms. The first-order chi connectivity index (χ1) is 8.58. The molecule has 0 unspecified atom stereocenters. The molecule has 0 heterocycles. The molecule has 2 rings (SSSR count).